The molecule has 1 aromatic rings. The number of nitrogens with one attached hydrogen (secondary N) is 2. The zero-order valence-electron chi connectivity index (χ0n) is 10.5. The number of rotatable bonds is 3. The Labute approximate surface area is 106 Å². The smallest absolute Gasteiger partial charge is 0.315 e. The summed E-state index contributed by atoms with van der Waals surface area (Å²) in [5, 5.41) is 6.99. The van der Waals surface area contributed by atoms with E-state index in [1.165, 1.54) is 6.42 Å². The molecule has 0 spiro atoms. The lowest BCUT2D eigenvalue weighted by Crippen LogP contribution is -2.45. The summed E-state index contributed by atoms with van der Waals surface area (Å²) >= 11 is 1.65. The van der Waals surface area contributed by atoms with Crippen LogP contribution in [0, 0.1) is 13.8 Å². The summed E-state index contributed by atoms with van der Waals surface area (Å²) in [5.74, 6) is 0. The van der Waals surface area contributed by atoms with Crippen LogP contribution in [0.5, 0.6) is 0 Å². The molecule has 0 aliphatic heterocycles. The second kappa shape index (κ2) is 5.04. The van der Waals surface area contributed by atoms with Crippen LogP contribution in [0.25, 0.3) is 0 Å². The predicted octanol–water partition coefficient (Wildman–Crippen LogP) is 2.67. The minimum Gasteiger partial charge on any atom is -0.335 e. The lowest BCUT2D eigenvalue weighted by molar-refractivity contribution is 0.225. The fourth-order valence-corrected chi connectivity index (χ4v) is 2.92. The van der Waals surface area contributed by atoms with E-state index in [2.05, 4.69) is 15.6 Å². The van der Waals surface area contributed by atoms with Gasteiger partial charge < -0.3 is 10.6 Å². The van der Waals surface area contributed by atoms with Crippen molar-refractivity contribution in [3.05, 3.63) is 15.6 Å². The second-order valence-electron chi connectivity index (χ2n) is 4.65. The van der Waals surface area contributed by atoms with Gasteiger partial charge in [-0.1, -0.05) is 0 Å². The molecule has 2 N–H and O–H groups in total. The molecule has 1 heterocycles. The summed E-state index contributed by atoms with van der Waals surface area (Å²) < 4.78 is 0. The van der Waals surface area contributed by atoms with E-state index in [0.717, 1.165) is 28.4 Å². The van der Waals surface area contributed by atoms with Gasteiger partial charge in [-0.15, -0.1) is 11.3 Å². The number of carbonyl (C=O) groups excluding carboxylic acids is 1. The molecule has 94 valence electrons. The molecule has 0 aromatic carbocycles. The number of carbonyl (C=O) groups is 1. The van der Waals surface area contributed by atoms with Gasteiger partial charge in [0.25, 0.3) is 0 Å². The summed E-state index contributed by atoms with van der Waals surface area (Å²) in [6, 6.07) is 0.348. The Morgan fingerprint density at radius 2 is 2.18 bits per heavy atom. The molecule has 0 radical (unpaired) electrons. The summed E-state index contributed by atoms with van der Waals surface area (Å²) in [7, 11) is 0. The van der Waals surface area contributed by atoms with E-state index >= 15 is 0 Å². The fraction of sp³-hybridized carbons (Fsp3) is 0.667. The monoisotopic (exact) mass is 253 g/mol. The van der Waals surface area contributed by atoms with Crippen molar-refractivity contribution in [1.82, 2.24) is 15.6 Å². The van der Waals surface area contributed by atoms with E-state index in [4.69, 9.17) is 0 Å². The number of hydrogen-bond acceptors (Lipinski definition) is 3. The zero-order chi connectivity index (χ0) is 12.4. The van der Waals surface area contributed by atoms with Crippen LogP contribution in [0.15, 0.2) is 0 Å². The Bertz CT molecular complexity index is 412. The first kappa shape index (κ1) is 12.4. The number of hydrogen-bond donors (Lipinski definition) is 2. The number of nitrogens with zero attached hydrogens (tertiary/aromatic N) is 1. The molecule has 2 amide bonds. The molecule has 1 atom stereocenters. The van der Waals surface area contributed by atoms with Crippen molar-refractivity contribution in [2.45, 2.75) is 52.1 Å². The van der Waals surface area contributed by atoms with Gasteiger partial charge in [-0.3, -0.25) is 0 Å². The largest absolute Gasteiger partial charge is 0.335 e. The maximum absolute atomic E-state index is 11.7. The lowest BCUT2D eigenvalue weighted by atomic mass is 9.93. The standard InChI is InChI=1S/C12H19N3OS/c1-7-11(17-9(3)13-7)8(2)14-12(16)15-10-5-4-6-10/h8,10H,4-6H2,1-3H3,(H2,14,15,16). The van der Waals surface area contributed by atoms with Crippen LogP contribution in [0.4, 0.5) is 4.79 Å². The third-order valence-corrected chi connectivity index (χ3v) is 4.38. The van der Waals surface area contributed by atoms with E-state index in [1.807, 2.05) is 20.8 Å². The molecule has 1 fully saturated rings. The average molecular weight is 253 g/mol. The van der Waals surface area contributed by atoms with Crippen molar-refractivity contribution in [3.63, 3.8) is 0 Å². The third kappa shape index (κ3) is 2.97. The van der Waals surface area contributed by atoms with Crippen molar-refractivity contribution in [3.8, 4) is 0 Å². The molecule has 17 heavy (non-hydrogen) atoms. The van der Waals surface area contributed by atoms with Gasteiger partial charge in [0.05, 0.1) is 16.7 Å². The van der Waals surface area contributed by atoms with Crippen molar-refractivity contribution < 1.29 is 4.79 Å². The van der Waals surface area contributed by atoms with E-state index < -0.39 is 0 Å². The van der Waals surface area contributed by atoms with Crippen LogP contribution < -0.4 is 10.6 Å². The Kier molecular flexibility index (Phi) is 3.66. The summed E-state index contributed by atoms with van der Waals surface area (Å²) in [6.45, 7) is 5.98. The van der Waals surface area contributed by atoms with Gasteiger partial charge in [-0.05, 0) is 40.0 Å². The second-order valence-corrected chi connectivity index (χ2v) is 5.88. The molecule has 5 heteroatoms. The third-order valence-electron chi connectivity index (χ3n) is 3.12. The molecule has 0 saturated heterocycles. The zero-order valence-corrected chi connectivity index (χ0v) is 11.4. The van der Waals surface area contributed by atoms with Crippen LogP contribution in [-0.2, 0) is 0 Å². The lowest BCUT2D eigenvalue weighted by Gasteiger charge is -2.27. The van der Waals surface area contributed by atoms with Crippen LogP contribution >= 0.6 is 11.3 Å². The van der Waals surface area contributed by atoms with Gasteiger partial charge in [0.1, 0.15) is 0 Å². The summed E-state index contributed by atoms with van der Waals surface area (Å²) in [5.41, 5.74) is 1.02. The quantitative estimate of drug-likeness (QED) is 0.870. The fourth-order valence-electron chi connectivity index (χ4n) is 1.99. The van der Waals surface area contributed by atoms with Gasteiger partial charge in [0, 0.05) is 10.9 Å². The van der Waals surface area contributed by atoms with Gasteiger partial charge in [0.15, 0.2) is 0 Å². The molecule has 2 rings (SSSR count). The number of aromatic nitrogens is 1. The molecule has 0 bridgehead atoms. The summed E-state index contributed by atoms with van der Waals surface area (Å²) in [6.07, 6.45) is 3.45. The first-order chi connectivity index (χ1) is 8.06. The van der Waals surface area contributed by atoms with Crippen molar-refractivity contribution in [2.24, 2.45) is 0 Å². The highest BCUT2D eigenvalue weighted by Gasteiger charge is 2.21. The molecule has 1 aliphatic rings. The molecule has 1 aromatic heterocycles. The first-order valence-electron chi connectivity index (χ1n) is 6.07. The normalized spacial score (nSPS) is 17.4. The van der Waals surface area contributed by atoms with Crippen LogP contribution in [0.1, 0.15) is 47.8 Å². The Hall–Kier alpha value is -1.10. The van der Waals surface area contributed by atoms with Gasteiger partial charge >= 0.3 is 6.03 Å². The van der Waals surface area contributed by atoms with Gasteiger partial charge in [0.2, 0.25) is 0 Å². The van der Waals surface area contributed by atoms with Gasteiger partial charge in [-0.25, -0.2) is 9.78 Å². The highest BCUT2D eigenvalue weighted by atomic mass is 32.1. The topological polar surface area (TPSA) is 54.0 Å². The van der Waals surface area contributed by atoms with Crippen LogP contribution in [-0.4, -0.2) is 17.1 Å². The highest BCUT2D eigenvalue weighted by molar-refractivity contribution is 7.11. The first-order valence-corrected chi connectivity index (χ1v) is 6.89. The maximum Gasteiger partial charge on any atom is 0.315 e. The minimum atomic E-state index is -0.0624. The molecular weight excluding hydrogens is 234 g/mol. The van der Waals surface area contributed by atoms with Gasteiger partial charge in [-0.2, -0.15) is 0 Å². The van der Waals surface area contributed by atoms with E-state index in [1.54, 1.807) is 11.3 Å². The number of aryl methyl sites for hydroxylation is 2. The average Bonchev–Trinajstić information content (AvgIpc) is 2.52. The Morgan fingerprint density at radius 3 is 2.65 bits per heavy atom. The van der Waals surface area contributed by atoms with Crippen molar-refractivity contribution >= 4 is 17.4 Å². The molecule has 1 saturated carbocycles. The Balaban J connectivity index is 1.89. The molecular formula is C12H19N3OS. The minimum absolute atomic E-state index is 0.0290. The van der Waals surface area contributed by atoms with E-state index in [-0.39, 0.29) is 12.1 Å². The van der Waals surface area contributed by atoms with Crippen LogP contribution in [0.2, 0.25) is 0 Å². The molecule has 1 unspecified atom stereocenters. The SMILES string of the molecule is Cc1nc(C)c(C(C)NC(=O)NC2CCC2)s1. The predicted molar refractivity (Wildman–Crippen MR) is 69.3 cm³/mol. The number of amides is 2. The van der Waals surface area contributed by atoms with E-state index in [9.17, 15) is 4.79 Å². The van der Waals surface area contributed by atoms with Crippen molar-refractivity contribution in [1.29, 1.82) is 0 Å². The number of urea groups is 1. The van der Waals surface area contributed by atoms with Crippen LogP contribution in [0.3, 0.4) is 0 Å². The molecule has 1 aliphatic carbocycles. The maximum atomic E-state index is 11.7. The van der Waals surface area contributed by atoms with E-state index in [0.29, 0.717) is 6.04 Å². The Morgan fingerprint density at radius 1 is 1.47 bits per heavy atom. The molecule has 4 nitrogen and oxygen atoms in total. The number of thiazole rings is 1. The van der Waals surface area contributed by atoms with Crippen molar-refractivity contribution in [2.75, 3.05) is 0 Å². The highest BCUT2D eigenvalue weighted by Crippen LogP contribution is 2.24. The summed E-state index contributed by atoms with van der Waals surface area (Å²) in [4.78, 5) is 17.2.